The zero-order chi connectivity index (χ0) is 22.7. The lowest BCUT2D eigenvalue weighted by atomic mass is 10.2. The molecule has 0 aromatic heterocycles. The lowest BCUT2D eigenvalue weighted by Gasteiger charge is -2.37. The van der Waals surface area contributed by atoms with Crippen LogP contribution in [0, 0.1) is 0 Å². The van der Waals surface area contributed by atoms with Crippen LogP contribution in [0.4, 0.5) is 0 Å². The quantitative estimate of drug-likeness (QED) is 0.662. The molecule has 1 fully saturated rings. The Bertz CT molecular complexity index is 995. The molecule has 170 valence electrons. The first-order valence-corrected chi connectivity index (χ1v) is 11.2. The van der Waals surface area contributed by atoms with Gasteiger partial charge in [0.15, 0.2) is 11.5 Å². The van der Waals surface area contributed by atoms with Crippen LogP contribution in [0.5, 0.6) is 11.5 Å². The van der Waals surface area contributed by atoms with Gasteiger partial charge in [0.2, 0.25) is 12.0 Å². The van der Waals surface area contributed by atoms with Crippen LogP contribution in [0.25, 0.3) is 0 Å². The van der Waals surface area contributed by atoms with Crippen molar-refractivity contribution in [1.82, 2.24) is 14.7 Å². The van der Waals surface area contributed by atoms with Gasteiger partial charge >= 0.3 is 0 Å². The molecule has 2 amide bonds. The minimum Gasteiger partial charge on any atom is -0.485 e. The van der Waals surface area contributed by atoms with E-state index in [2.05, 4.69) is 0 Å². The number of piperazine rings is 1. The highest BCUT2D eigenvalue weighted by Gasteiger charge is 2.33. The molecule has 0 saturated carbocycles. The Kier molecular flexibility index (Phi) is 7.08. The number of hydrogen-bond acceptors (Lipinski definition) is 5. The molecule has 1 saturated heterocycles. The number of para-hydroxylation sites is 2. The number of carbonyl (C=O) groups is 2. The first-order chi connectivity index (χ1) is 15.4. The number of ether oxygens (including phenoxy) is 2. The lowest BCUT2D eigenvalue weighted by Crippen LogP contribution is -2.56. The van der Waals surface area contributed by atoms with Crippen LogP contribution in [-0.4, -0.2) is 79.0 Å². The number of amides is 2. The van der Waals surface area contributed by atoms with Crippen molar-refractivity contribution >= 4 is 35.0 Å². The first-order valence-electron chi connectivity index (χ1n) is 10.5. The van der Waals surface area contributed by atoms with Crippen molar-refractivity contribution in [2.75, 3.05) is 46.4 Å². The molecular weight excluding hydrogens is 453 g/mol. The van der Waals surface area contributed by atoms with Gasteiger partial charge in [-0.05, 0) is 36.9 Å². The molecule has 0 unspecified atom stereocenters. The molecule has 0 aliphatic carbocycles. The van der Waals surface area contributed by atoms with Gasteiger partial charge in [-0.3, -0.25) is 14.5 Å². The molecule has 2 aliphatic rings. The number of halogens is 2. The lowest BCUT2D eigenvalue weighted by molar-refractivity contribution is -0.146. The average molecular weight is 478 g/mol. The highest BCUT2D eigenvalue weighted by Crippen LogP contribution is 2.31. The van der Waals surface area contributed by atoms with Crippen LogP contribution in [0.2, 0.25) is 10.0 Å². The molecule has 9 heteroatoms. The molecule has 32 heavy (non-hydrogen) atoms. The van der Waals surface area contributed by atoms with Crippen LogP contribution < -0.4 is 9.47 Å². The predicted molar refractivity (Wildman–Crippen MR) is 122 cm³/mol. The van der Waals surface area contributed by atoms with Gasteiger partial charge in [-0.1, -0.05) is 41.4 Å². The van der Waals surface area contributed by atoms with Crippen molar-refractivity contribution in [2.45, 2.75) is 12.6 Å². The summed E-state index contributed by atoms with van der Waals surface area (Å²) in [5.74, 6) is 1.14. The molecule has 2 aromatic rings. The van der Waals surface area contributed by atoms with Crippen LogP contribution >= 0.6 is 23.2 Å². The maximum absolute atomic E-state index is 12.9. The summed E-state index contributed by atoms with van der Waals surface area (Å²) in [6.45, 7) is 2.92. The molecular formula is C23H25Cl2N3O4. The van der Waals surface area contributed by atoms with Gasteiger partial charge in [0.25, 0.3) is 5.91 Å². The second-order valence-corrected chi connectivity index (χ2v) is 8.82. The topological polar surface area (TPSA) is 62.3 Å². The van der Waals surface area contributed by atoms with Crippen LogP contribution in [0.15, 0.2) is 42.5 Å². The van der Waals surface area contributed by atoms with Crippen molar-refractivity contribution in [2.24, 2.45) is 0 Å². The summed E-state index contributed by atoms with van der Waals surface area (Å²) >= 11 is 12.2. The van der Waals surface area contributed by atoms with Gasteiger partial charge in [0, 0.05) is 42.8 Å². The normalized spacial score (nSPS) is 18.1. The first kappa shape index (κ1) is 22.7. The van der Waals surface area contributed by atoms with Gasteiger partial charge in [-0.2, -0.15) is 0 Å². The Morgan fingerprint density at radius 3 is 2.44 bits per heavy atom. The smallest absolute Gasteiger partial charge is 0.267 e. The Morgan fingerprint density at radius 2 is 1.72 bits per heavy atom. The summed E-state index contributed by atoms with van der Waals surface area (Å²) < 4.78 is 11.5. The summed E-state index contributed by atoms with van der Waals surface area (Å²) in [4.78, 5) is 31.0. The van der Waals surface area contributed by atoms with Crippen LogP contribution in [0.3, 0.4) is 0 Å². The Morgan fingerprint density at radius 1 is 1.03 bits per heavy atom. The minimum absolute atomic E-state index is 0.0239. The van der Waals surface area contributed by atoms with Crippen molar-refractivity contribution in [3.8, 4) is 11.5 Å². The van der Waals surface area contributed by atoms with E-state index in [-0.39, 0.29) is 25.0 Å². The zero-order valence-corrected chi connectivity index (χ0v) is 19.3. The van der Waals surface area contributed by atoms with Gasteiger partial charge in [-0.25, -0.2) is 0 Å². The molecule has 0 radical (unpaired) electrons. The van der Waals surface area contributed by atoms with E-state index in [1.807, 2.05) is 36.2 Å². The molecule has 2 heterocycles. The average Bonchev–Trinajstić information content (AvgIpc) is 2.80. The number of carbonyl (C=O) groups excluding carboxylic acids is 2. The number of benzene rings is 2. The van der Waals surface area contributed by atoms with Gasteiger partial charge in [0.05, 0.1) is 6.54 Å². The molecule has 0 N–H and O–H groups in total. The fraction of sp³-hybridized carbons (Fsp3) is 0.391. The van der Waals surface area contributed by atoms with Gasteiger partial charge in [0.1, 0.15) is 6.61 Å². The molecule has 0 bridgehead atoms. The fourth-order valence-electron chi connectivity index (χ4n) is 3.85. The van der Waals surface area contributed by atoms with E-state index in [1.54, 1.807) is 28.0 Å². The third kappa shape index (κ3) is 5.28. The maximum Gasteiger partial charge on any atom is 0.267 e. The van der Waals surface area contributed by atoms with E-state index in [9.17, 15) is 9.59 Å². The summed E-state index contributed by atoms with van der Waals surface area (Å²) in [5.41, 5.74) is 0.915. The van der Waals surface area contributed by atoms with Gasteiger partial charge in [-0.15, -0.1) is 0 Å². The summed E-state index contributed by atoms with van der Waals surface area (Å²) in [7, 11) is 1.88. The van der Waals surface area contributed by atoms with E-state index in [1.165, 1.54) is 0 Å². The third-order valence-electron chi connectivity index (χ3n) is 5.59. The second-order valence-electron chi connectivity index (χ2n) is 7.98. The minimum atomic E-state index is -0.664. The molecule has 2 aliphatic heterocycles. The highest BCUT2D eigenvalue weighted by molar-refractivity contribution is 6.35. The highest BCUT2D eigenvalue weighted by atomic mass is 35.5. The Balaban J connectivity index is 1.25. The molecule has 1 atom stereocenters. The van der Waals surface area contributed by atoms with Gasteiger partial charge < -0.3 is 19.3 Å². The zero-order valence-electron chi connectivity index (χ0n) is 17.8. The molecule has 2 aromatic carbocycles. The van der Waals surface area contributed by atoms with Crippen molar-refractivity contribution < 1.29 is 19.1 Å². The Hall–Kier alpha value is -2.48. The van der Waals surface area contributed by atoms with E-state index in [0.717, 1.165) is 5.56 Å². The predicted octanol–water partition coefficient (Wildman–Crippen LogP) is 2.94. The third-order valence-corrected chi connectivity index (χ3v) is 6.18. The van der Waals surface area contributed by atoms with Crippen LogP contribution in [-0.2, 0) is 16.1 Å². The summed E-state index contributed by atoms with van der Waals surface area (Å²) in [6.07, 6.45) is -0.664. The monoisotopic (exact) mass is 477 g/mol. The Labute approximate surface area is 197 Å². The van der Waals surface area contributed by atoms with E-state index in [0.29, 0.717) is 54.3 Å². The SMILES string of the molecule is CN(CC(=O)N1CCN(C(=O)[C@H]2COc3ccccc3O2)CC1)Cc1ccc(Cl)cc1Cl. The summed E-state index contributed by atoms with van der Waals surface area (Å²) in [5, 5.41) is 1.17. The van der Waals surface area contributed by atoms with Crippen molar-refractivity contribution in [3.05, 3.63) is 58.1 Å². The maximum atomic E-state index is 12.9. The number of fused-ring (bicyclic) bond motifs is 1. The van der Waals surface area contributed by atoms with Crippen LogP contribution in [0.1, 0.15) is 5.56 Å². The largest absolute Gasteiger partial charge is 0.485 e. The van der Waals surface area contributed by atoms with Crippen molar-refractivity contribution in [3.63, 3.8) is 0 Å². The number of hydrogen-bond donors (Lipinski definition) is 0. The number of likely N-dealkylation sites (N-methyl/N-ethyl adjacent to an activating group) is 1. The van der Waals surface area contributed by atoms with E-state index in [4.69, 9.17) is 32.7 Å². The van der Waals surface area contributed by atoms with E-state index < -0.39 is 6.10 Å². The standard InChI is InChI=1S/C23H25Cl2N3O4/c1-26(13-16-6-7-17(24)12-18(16)25)14-22(29)27-8-10-28(11-9-27)23(30)21-15-31-19-4-2-3-5-20(19)32-21/h2-7,12,21H,8-11,13-15H2,1H3/t21-/m1/s1. The number of nitrogens with zero attached hydrogens (tertiary/aromatic N) is 3. The van der Waals surface area contributed by atoms with E-state index >= 15 is 0 Å². The molecule has 0 spiro atoms. The molecule has 4 rings (SSSR count). The second kappa shape index (κ2) is 9.98. The summed E-state index contributed by atoms with van der Waals surface area (Å²) in [6, 6.07) is 12.7. The number of rotatable bonds is 5. The fourth-order valence-corrected chi connectivity index (χ4v) is 4.32. The van der Waals surface area contributed by atoms with Crippen molar-refractivity contribution in [1.29, 1.82) is 0 Å². The molecule has 7 nitrogen and oxygen atoms in total.